The third-order valence-corrected chi connectivity index (χ3v) is 2.98. The van der Waals surface area contributed by atoms with Crippen LogP contribution in [0.5, 0.6) is 0 Å². The highest BCUT2D eigenvalue weighted by atomic mass is 16.4. The quantitative estimate of drug-likeness (QED) is 0.756. The fourth-order valence-electron chi connectivity index (χ4n) is 2.13. The molecule has 0 aromatic heterocycles. The van der Waals surface area contributed by atoms with E-state index in [1.54, 1.807) is 6.92 Å². The Kier molecular flexibility index (Phi) is 3.33. The molecule has 0 spiro atoms. The predicted octanol–water partition coefficient (Wildman–Crippen LogP) is 1.30. The van der Waals surface area contributed by atoms with Crippen molar-refractivity contribution in [2.75, 3.05) is 11.4 Å². The Hall–Kier alpha value is -2.28. The average molecular weight is 243 g/mol. The van der Waals surface area contributed by atoms with E-state index in [1.165, 1.54) is 4.90 Å². The molecule has 92 valence electrons. The molecule has 1 unspecified atom stereocenters. The number of carbonyl (C=O) groups excluding carboxylic acids is 1. The highest BCUT2D eigenvalue weighted by Crippen LogP contribution is 2.29. The minimum absolute atomic E-state index is 0.180. The molecule has 1 aliphatic heterocycles. The molecule has 1 atom stereocenters. The second-order valence-corrected chi connectivity index (χ2v) is 4.16. The summed E-state index contributed by atoms with van der Waals surface area (Å²) in [6.45, 7) is 1.77. The SMILES string of the molecule is CC#CC(=O)N1CC(C(=O)O)Cc2ccccc21. The van der Waals surface area contributed by atoms with Gasteiger partial charge in [-0.25, -0.2) is 0 Å². The number of carbonyl (C=O) groups is 2. The van der Waals surface area contributed by atoms with Gasteiger partial charge in [-0.05, 0) is 30.9 Å². The van der Waals surface area contributed by atoms with Crippen molar-refractivity contribution >= 4 is 17.6 Å². The van der Waals surface area contributed by atoms with Crippen molar-refractivity contribution in [1.29, 1.82) is 0 Å². The number of carboxylic acids is 1. The Morgan fingerprint density at radius 1 is 1.39 bits per heavy atom. The van der Waals surface area contributed by atoms with Crippen LogP contribution in [0.15, 0.2) is 24.3 Å². The number of fused-ring (bicyclic) bond motifs is 1. The summed E-state index contributed by atoms with van der Waals surface area (Å²) in [7, 11) is 0. The van der Waals surface area contributed by atoms with Gasteiger partial charge in [0.25, 0.3) is 0 Å². The third kappa shape index (κ3) is 2.21. The molecule has 4 nitrogen and oxygen atoms in total. The van der Waals surface area contributed by atoms with E-state index < -0.39 is 11.9 Å². The molecule has 0 radical (unpaired) electrons. The lowest BCUT2D eigenvalue weighted by molar-refractivity contribution is -0.141. The van der Waals surface area contributed by atoms with Gasteiger partial charge in [0.05, 0.1) is 5.92 Å². The normalized spacial score (nSPS) is 17.4. The van der Waals surface area contributed by atoms with E-state index in [0.29, 0.717) is 6.42 Å². The van der Waals surface area contributed by atoms with E-state index in [9.17, 15) is 9.59 Å². The summed E-state index contributed by atoms with van der Waals surface area (Å²) in [4.78, 5) is 24.5. The Balaban J connectivity index is 2.41. The first-order valence-corrected chi connectivity index (χ1v) is 5.68. The maximum atomic E-state index is 11.9. The molecule has 1 amide bonds. The largest absolute Gasteiger partial charge is 0.481 e. The molecule has 4 heteroatoms. The van der Waals surface area contributed by atoms with Crippen LogP contribution >= 0.6 is 0 Å². The minimum atomic E-state index is -0.883. The molecular weight excluding hydrogens is 230 g/mol. The first-order valence-electron chi connectivity index (χ1n) is 5.68. The second kappa shape index (κ2) is 4.92. The van der Waals surface area contributed by atoms with Crippen molar-refractivity contribution in [3.05, 3.63) is 29.8 Å². The first kappa shape index (κ1) is 12.2. The second-order valence-electron chi connectivity index (χ2n) is 4.16. The van der Waals surface area contributed by atoms with Crippen LogP contribution in [0.1, 0.15) is 12.5 Å². The number of anilines is 1. The smallest absolute Gasteiger partial charge is 0.308 e. The molecule has 2 rings (SSSR count). The van der Waals surface area contributed by atoms with E-state index in [-0.39, 0.29) is 12.5 Å². The van der Waals surface area contributed by atoms with Crippen LogP contribution in [-0.4, -0.2) is 23.5 Å². The predicted molar refractivity (Wildman–Crippen MR) is 67.1 cm³/mol. The van der Waals surface area contributed by atoms with Crippen molar-refractivity contribution < 1.29 is 14.7 Å². The number of amides is 1. The van der Waals surface area contributed by atoms with Crippen LogP contribution in [-0.2, 0) is 16.0 Å². The molecule has 0 saturated carbocycles. The average Bonchev–Trinajstić information content (AvgIpc) is 2.37. The molecular formula is C14H13NO3. The number of aliphatic carboxylic acids is 1. The topological polar surface area (TPSA) is 57.6 Å². The molecule has 1 N–H and O–H groups in total. The van der Waals surface area contributed by atoms with Gasteiger partial charge in [0.1, 0.15) is 0 Å². The zero-order chi connectivity index (χ0) is 13.1. The maximum Gasteiger partial charge on any atom is 0.308 e. The highest BCUT2D eigenvalue weighted by molar-refractivity contribution is 6.07. The first-order chi connectivity index (χ1) is 8.63. The van der Waals surface area contributed by atoms with Gasteiger partial charge in [-0.3, -0.25) is 9.59 Å². The lowest BCUT2D eigenvalue weighted by Crippen LogP contribution is -2.42. The number of hydrogen-bond donors (Lipinski definition) is 1. The van der Waals surface area contributed by atoms with E-state index >= 15 is 0 Å². The van der Waals surface area contributed by atoms with E-state index in [2.05, 4.69) is 11.8 Å². The van der Waals surface area contributed by atoms with Crippen molar-refractivity contribution in [1.82, 2.24) is 0 Å². The molecule has 1 aromatic rings. The number of hydrogen-bond acceptors (Lipinski definition) is 2. The summed E-state index contributed by atoms with van der Waals surface area (Å²) < 4.78 is 0. The monoisotopic (exact) mass is 243 g/mol. The highest BCUT2D eigenvalue weighted by Gasteiger charge is 2.31. The van der Waals surface area contributed by atoms with E-state index in [0.717, 1.165) is 11.3 Å². The van der Waals surface area contributed by atoms with E-state index in [4.69, 9.17) is 5.11 Å². The fraction of sp³-hybridized carbons (Fsp3) is 0.286. The molecule has 0 saturated heterocycles. The molecule has 1 aromatic carbocycles. The van der Waals surface area contributed by atoms with Crippen LogP contribution in [0.25, 0.3) is 0 Å². The summed E-state index contributed by atoms with van der Waals surface area (Å²) in [5.41, 5.74) is 1.64. The van der Waals surface area contributed by atoms with Gasteiger partial charge in [0.2, 0.25) is 0 Å². The molecule has 0 fully saturated rings. The Morgan fingerprint density at radius 2 is 2.11 bits per heavy atom. The number of benzene rings is 1. The lowest BCUT2D eigenvalue weighted by atomic mass is 9.92. The van der Waals surface area contributed by atoms with Gasteiger partial charge in [-0.15, -0.1) is 0 Å². The number of rotatable bonds is 1. The molecule has 0 bridgehead atoms. The Morgan fingerprint density at radius 3 is 2.78 bits per heavy atom. The number of para-hydroxylation sites is 1. The number of carboxylic acid groups (broad SMARTS) is 1. The summed E-state index contributed by atoms with van der Waals surface area (Å²) >= 11 is 0. The van der Waals surface area contributed by atoms with Gasteiger partial charge < -0.3 is 10.0 Å². The zero-order valence-electron chi connectivity index (χ0n) is 10.0. The van der Waals surface area contributed by atoms with Crippen LogP contribution in [0.4, 0.5) is 5.69 Å². The van der Waals surface area contributed by atoms with Gasteiger partial charge >= 0.3 is 11.9 Å². The van der Waals surface area contributed by atoms with Crippen LogP contribution in [0.2, 0.25) is 0 Å². The summed E-state index contributed by atoms with van der Waals surface area (Å²) in [6.07, 6.45) is 0.453. The standard InChI is InChI=1S/C14H13NO3/c1-2-5-13(16)15-9-11(14(17)18)8-10-6-3-4-7-12(10)15/h3-4,6-7,11H,8-9H2,1H3,(H,17,18). The molecule has 0 aliphatic carbocycles. The van der Waals surface area contributed by atoms with Gasteiger partial charge in [-0.2, -0.15) is 0 Å². The van der Waals surface area contributed by atoms with Crippen molar-refractivity contribution in [3.8, 4) is 11.8 Å². The van der Waals surface area contributed by atoms with Gasteiger partial charge in [0, 0.05) is 12.2 Å². The van der Waals surface area contributed by atoms with Crippen LogP contribution in [0.3, 0.4) is 0 Å². The molecule has 1 heterocycles. The van der Waals surface area contributed by atoms with Crippen LogP contribution in [0, 0.1) is 17.8 Å². The summed E-state index contributed by atoms with van der Waals surface area (Å²) in [5.74, 6) is 3.21. The van der Waals surface area contributed by atoms with Crippen LogP contribution < -0.4 is 4.90 Å². The van der Waals surface area contributed by atoms with Crippen molar-refractivity contribution in [2.45, 2.75) is 13.3 Å². The zero-order valence-corrected chi connectivity index (χ0v) is 10.0. The van der Waals surface area contributed by atoms with Gasteiger partial charge in [-0.1, -0.05) is 24.1 Å². The lowest BCUT2D eigenvalue weighted by Gasteiger charge is -2.31. The van der Waals surface area contributed by atoms with Gasteiger partial charge in [0.15, 0.2) is 0 Å². The summed E-state index contributed by atoms with van der Waals surface area (Å²) in [5, 5.41) is 9.12. The van der Waals surface area contributed by atoms with Crippen molar-refractivity contribution in [3.63, 3.8) is 0 Å². The van der Waals surface area contributed by atoms with Crippen molar-refractivity contribution in [2.24, 2.45) is 5.92 Å². The Bertz CT molecular complexity index is 554. The molecule has 18 heavy (non-hydrogen) atoms. The maximum absolute atomic E-state index is 11.9. The fourth-order valence-corrected chi connectivity index (χ4v) is 2.13. The Labute approximate surface area is 105 Å². The molecule has 1 aliphatic rings. The minimum Gasteiger partial charge on any atom is -0.481 e. The summed E-state index contributed by atoms with van der Waals surface area (Å²) in [6, 6.07) is 7.35. The van der Waals surface area contributed by atoms with E-state index in [1.807, 2.05) is 24.3 Å². The third-order valence-electron chi connectivity index (χ3n) is 2.98. The number of nitrogens with zero attached hydrogens (tertiary/aromatic N) is 1.